The fourth-order valence-electron chi connectivity index (χ4n) is 6.02. The topological polar surface area (TPSA) is 92.8 Å². The number of carbonyl (C=O) groups is 2. The van der Waals surface area contributed by atoms with Gasteiger partial charge in [0, 0.05) is 19.5 Å². The van der Waals surface area contributed by atoms with Crippen LogP contribution >= 0.6 is 0 Å². The second kappa shape index (κ2) is 38.5. The Kier molecular flexibility index (Phi) is 37.5. The van der Waals surface area contributed by atoms with Crippen LogP contribution in [0.2, 0.25) is 0 Å². The minimum absolute atomic E-state index is 0.142. The zero-order chi connectivity index (χ0) is 35.2. The van der Waals surface area contributed by atoms with E-state index in [-0.39, 0.29) is 31.6 Å². The molecule has 1 atom stereocenters. The van der Waals surface area contributed by atoms with Crippen molar-refractivity contribution in [2.45, 2.75) is 187 Å². The molecule has 0 aromatic heterocycles. The van der Waals surface area contributed by atoms with Gasteiger partial charge >= 0.3 is 11.9 Å². The lowest BCUT2D eigenvalue weighted by molar-refractivity contribution is -0.281. The van der Waals surface area contributed by atoms with Crippen LogP contribution in [0, 0.1) is 0 Å². The maximum Gasteiger partial charge on any atom is 0.323 e. The monoisotopic (exact) mass is 688 g/mol. The highest BCUT2D eigenvalue weighted by Gasteiger charge is 2.28. The summed E-state index contributed by atoms with van der Waals surface area (Å²) in [5.41, 5.74) is 0. The van der Waals surface area contributed by atoms with Crippen LogP contribution in [-0.4, -0.2) is 76.6 Å². The van der Waals surface area contributed by atoms with Crippen molar-refractivity contribution in [3.8, 4) is 0 Å². The van der Waals surface area contributed by atoms with Crippen molar-refractivity contribution in [1.82, 2.24) is 4.90 Å². The molecule has 0 fully saturated rings. The summed E-state index contributed by atoms with van der Waals surface area (Å²) in [6.07, 6.45) is 30.6. The zero-order valence-corrected chi connectivity index (χ0v) is 31.9. The molecular formula is C39H77NO8. The van der Waals surface area contributed by atoms with Crippen molar-refractivity contribution < 1.29 is 38.6 Å². The first-order valence-electron chi connectivity index (χ1n) is 20.0. The molecule has 0 bridgehead atoms. The van der Waals surface area contributed by atoms with Gasteiger partial charge in [0.05, 0.1) is 40.6 Å². The molecule has 0 aliphatic carbocycles. The average Bonchev–Trinajstić information content (AvgIpc) is 3.08. The third kappa shape index (κ3) is 32.0. The first kappa shape index (κ1) is 46.7. The summed E-state index contributed by atoms with van der Waals surface area (Å²) in [5.74, 6) is -0.611. The maximum absolute atomic E-state index is 13.3. The Morgan fingerprint density at radius 1 is 0.479 bits per heavy atom. The quantitative estimate of drug-likeness (QED) is 0.0271. The van der Waals surface area contributed by atoms with Gasteiger partial charge in [-0.3, -0.25) is 14.5 Å². The molecule has 1 unspecified atom stereocenters. The molecule has 0 saturated carbocycles. The fraction of sp³-hybridized carbons (Fsp3) is 0.949. The Bertz CT molecular complexity index is 670. The van der Waals surface area contributed by atoms with Crippen LogP contribution in [0.5, 0.6) is 0 Å². The lowest BCUT2D eigenvalue weighted by atomic mass is 10.1. The van der Waals surface area contributed by atoms with E-state index < -0.39 is 6.04 Å². The summed E-state index contributed by atoms with van der Waals surface area (Å²) in [4.78, 5) is 47.5. The zero-order valence-electron chi connectivity index (χ0n) is 31.9. The van der Waals surface area contributed by atoms with E-state index in [4.69, 9.17) is 29.0 Å². The normalized spacial score (nSPS) is 12.1. The molecule has 0 aliphatic heterocycles. The molecule has 0 aromatic rings. The third-order valence-corrected chi connectivity index (χ3v) is 9.00. The summed E-state index contributed by atoms with van der Waals surface area (Å²) in [6.45, 7) is 6.67. The molecule has 0 N–H and O–H groups in total. The Hall–Kier alpha value is -1.26. The van der Waals surface area contributed by atoms with Crippen molar-refractivity contribution in [3.63, 3.8) is 0 Å². The fourth-order valence-corrected chi connectivity index (χ4v) is 6.02. The van der Waals surface area contributed by atoms with Gasteiger partial charge in [0.25, 0.3) is 0 Å². The van der Waals surface area contributed by atoms with Gasteiger partial charge in [0.1, 0.15) is 6.04 Å². The molecular weight excluding hydrogens is 610 g/mol. The van der Waals surface area contributed by atoms with Gasteiger partial charge in [-0.1, -0.05) is 155 Å². The first-order valence-corrected chi connectivity index (χ1v) is 20.0. The maximum atomic E-state index is 13.3. The molecule has 0 aliphatic rings. The molecule has 286 valence electrons. The van der Waals surface area contributed by atoms with Gasteiger partial charge in [0.15, 0.2) is 0 Å². The van der Waals surface area contributed by atoms with Crippen LogP contribution in [0.25, 0.3) is 0 Å². The van der Waals surface area contributed by atoms with E-state index in [0.29, 0.717) is 32.7 Å². The Morgan fingerprint density at radius 3 is 1.21 bits per heavy atom. The molecule has 0 saturated heterocycles. The van der Waals surface area contributed by atoms with E-state index in [1.54, 1.807) is 0 Å². The van der Waals surface area contributed by atoms with Gasteiger partial charge in [-0.15, -0.1) is 0 Å². The predicted molar refractivity (Wildman–Crippen MR) is 195 cm³/mol. The van der Waals surface area contributed by atoms with Gasteiger partial charge in [0.2, 0.25) is 0 Å². The van der Waals surface area contributed by atoms with Gasteiger partial charge in [-0.2, -0.15) is 0 Å². The van der Waals surface area contributed by atoms with Crippen molar-refractivity contribution in [2.75, 3.05) is 53.7 Å². The molecule has 0 aromatic carbocycles. The van der Waals surface area contributed by atoms with Gasteiger partial charge < -0.3 is 9.47 Å². The number of carbonyl (C=O) groups excluding carboxylic acids is 2. The Morgan fingerprint density at radius 2 is 0.833 bits per heavy atom. The highest BCUT2D eigenvalue weighted by molar-refractivity contribution is 5.77. The van der Waals surface area contributed by atoms with Crippen LogP contribution < -0.4 is 0 Å². The number of ether oxygens (including phenoxy) is 2. The van der Waals surface area contributed by atoms with E-state index in [1.165, 1.54) is 136 Å². The Labute approximate surface area is 295 Å². The standard InChI is InChI=1S/C39H77NO8/c1-5-7-9-11-13-15-17-19-21-23-25-27-33-45-38(41)30-29-37(40(31-35-47-43-3)32-36-48-44-4)39(42)46-34-28-26-24-22-20-18-16-14-12-10-8-6-2/h37H,5-36H2,1-4H3. The van der Waals surface area contributed by atoms with Crippen LogP contribution in [0.4, 0.5) is 0 Å². The second-order valence-corrected chi connectivity index (χ2v) is 13.2. The molecule has 48 heavy (non-hydrogen) atoms. The van der Waals surface area contributed by atoms with Gasteiger partial charge in [-0.25, -0.2) is 19.6 Å². The van der Waals surface area contributed by atoms with Gasteiger partial charge in [-0.05, 0) is 19.3 Å². The number of hydrogen-bond acceptors (Lipinski definition) is 9. The lowest BCUT2D eigenvalue weighted by Gasteiger charge is -2.29. The molecule has 0 amide bonds. The number of hydrogen-bond donors (Lipinski definition) is 0. The molecule has 0 radical (unpaired) electrons. The van der Waals surface area contributed by atoms with E-state index in [2.05, 4.69) is 13.8 Å². The smallest absolute Gasteiger partial charge is 0.323 e. The van der Waals surface area contributed by atoms with E-state index in [1.807, 2.05) is 4.90 Å². The highest BCUT2D eigenvalue weighted by Crippen LogP contribution is 2.15. The molecule has 9 nitrogen and oxygen atoms in total. The third-order valence-electron chi connectivity index (χ3n) is 9.00. The lowest BCUT2D eigenvalue weighted by Crippen LogP contribution is -2.46. The molecule has 9 heteroatoms. The van der Waals surface area contributed by atoms with E-state index in [9.17, 15) is 9.59 Å². The summed E-state index contributed by atoms with van der Waals surface area (Å²) >= 11 is 0. The SMILES string of the molecule is CCCCCCCCCCCCCCOC(=O)CCC(C(=O)OCCCCCCCCCCCCCC)N(CCOOC)CCOOC. The van der Waals surface area contributed by atoms with E-state index in [0.717, 1.165) is 32.1 Å². The minimum atomic E-state index is -0.623. The molecule has 0 spiro atoms. The second-order valence-electron chi connectivity index (χ2n) is 13.2. The van der Waals surface area contributed by atoms with Crippen molar-refractivity contribution in [3.05, 3.63) is 0 Å². The van der Waals surface area contributed by atoms with Crippen LogP contribution in [0.15, 0.2) is 0 Å². The predicted octanol–water partition coefficient (Wildman–Crippen LogP) is 10.1. The van der Waals surface area contributed by atoms with Crippen molar-refractivity contribution in [1.29, 1.82) is 0 Å². The van der Waals surface area contributed by atoms with Crippen LogP contribution in [0.3, 0.4) is 0 Å². The average molecular weight is 688 g/mol. The number of nitrogens with zero attached hydrogens (tertiary/aromatic N) is 1. The Balaban J connectivity index is 4.45. The largest absolute Gasteiger partial charge is 0.466 e. The summed E-state index contributed by atoms with van der Waals surface area (Å²) in [5, 5.41) is 0. The van der Waals surface area contributed by atoms with Crippen molar-refractivity contribution in [2.24, 2.45) is 0 Å². The molecule has 0 heterocycles. The van der Waals surface area contributed by atoms with Crippen LogP contribution in [-0.2, 0) is 38.6 Å². The number of esters is 2. The number of rotatable bonds is 39. The first-order chi connectivity index (χ1) is 23.6. The molecule has 0 rings (SSSR count). The summed E-state index contributed by atoms with van der Waals surface area (Å²) < 4.78 is 11.3. The highest BCUT2D eigenvalue weighted by atomic mass is 17.2. The number of unbranched alkanes of at least 4 members (excludes halogenated alkanes) is 22. The summed E-state index contributed by atoms with van der Waals surface area (Å²) in [7, 11) is 2.90. The van der Waals surface area contributed by atoms with E-state index >= 15 is 0 Å². The van der Waals surface area contributed by atoms with Crippen LogP contribution in [0.1, 0.15) is 181 Å². The van der Waals surface area contributed by atoms with Crippen molar-refractivity contribution >= 4 is 11.9 Å². The summed E-state index contributed by atoms with van der Waals surface area (Å²) in [6, 6.07) is -0.623. The minimum Gasteiger partial charge on any atom is -0.466 e.